The Labute approximate surface area is 69.4 Å². The summed E-state index contributed by atoms with van der Waals surface area (Å²) in [6.45, 7) is -15.8. The summed E-state index contributed by atoms with van der Waals surface area (Å²) in [5.41, 5.74) is 0. The summed E-state index contributed by atoms with van der Waals surface area (Å²) >= 11 is 0. The van der Waals surface area contributed by atoms with Crippen molar-refractivity contribution in [2.24, 2.45) is 11.8 Å². The van der Waals surface area contributed by atoms with E-state index in [4.69, 9.17) is 21.9 Å². The molecule has 0 spiro atoms. The molecule has 0 aliphatic heterocycles. The van der Waals surface area contributed by atoms with Crippen LogP contribution >= 0.6 is 0 Å². The van der Waals surface area contributed by atoms with Gasteiger partial charge < -0.3 is 0 Å². The third-order valence-corrected chi connectivity index (χ3v) is 0.375. The Kier molecular flexibility index (Phi) is 0.228. The van der Waals surface area contributed by atoms with Crippen molar-refractivity contribution in [1.29, 1.82) is 0 Å². The number of hydrogen-bond acceptors (Lipinski definition) is 0. The SMILES string of the molecule is [2H]C([2H])([2H])C([2H])([2H])C([2H])(C([2H])([2H])[2H])C([2H])(C([2H])([2H])[2H])C([2H])([2H])[2H]. The Morgan fingerprint density at radius 1 is 1.71 bits per heavy atom. The van der Waals surface area contributed by atoms with Crippen LogP contribution in [0.25, 0.3) is 0 Å². The fourth-order valence-electron chi connectivity index (χ4n) is 0.0625. The van der Waals surface area contributed by atoms with Crippen LogP contribution in [0.15, 0.2) is 0 Å². The Bertz CT molecular complexity index is 415. The largest absolute Gasteiger partial charge is 0.0651 e. The molecule has 1 atom stereocenters. The van der Waals surface area contributed by atoms with E-state index in [1.807, 2.05) is 0 Å². The Morgan fingerprint density at radius 3 is 3.00 bits per heavy atom. The first-order valence-corrected chi connectivity index (χ1v) is 1.50. The van der Waals surface area contributed by atoms with Crippen molar-refractivity contribution in [2.45, 2.75) is 33.8 Å². The van der Waals surface area contributed by atoms with Crippen molar-refractivity contribution in [2.75, 3.05) is 0 Å². The van der Waals surface area contributed by atoms with E-state index in [0.717, 1.165) is 0 Å². The average molecular weight is 116 g/mol. The van der Waals surface area contributed by atoms with Crippen LogP contribution in [0.5, 0.6) is 0 Å². The van der Waals surface area contributed by atoms with Gasteiger partial charge in [-0.15, -0.1) is 0 Å². The van der Waals surface area contributed by atoms with Crippen LogP contribution in [0, 0.1) is 11.8 Å². The summed E-state index contributed by atoms with van der Waals surface area (Å²) in [7, 11) is 0. The molecular formula is C7H16. The molecule has 0 saturated carbocycles. The highest BCUT2D eigenvalue weighted by Gasteiger charge is 2.01. The molecule has 0 aromatic heterocycles. The van der Waals surface area contributed by atoms with Crippen molar-refractivity contribution in [1.82, 2.24) is 0 Å². The maximum atomic E-state index is 7.89. The molecule has 0 heteroatoms. The minimum atomic E-state index is -4.30. The van der Waals surface area contributed by atoms with Crippen molar-refractivity contribution in [3.63, 3.8) is 0 Å². The highest BCUT2D eigenvalue weighted by molar-refractivity contribution is 4.52. The highest BCUT2D eigenvalue weighted by atomic mass is 14.1. The maximum Gasteiger partial charge on any atom is 0.0302 e. The van der Waals surface area contributed by atoms with E-state index in [0.29, 0.717) is 0 Å². The molecular weight excluding hydrogens is 84.1 g/mol. The summed E-state index contributed by atoms with van der Waals surface area (Å²) in [4.78, 5) is 0. The summed E-state index contributed by atoms with van der Waals surface area (Å²) in [6.07, 6.45) is -4.13. The zero-order valence-corrected chi connectivity index (χ0v) is 3.50. The standard InChI is InChI=1S/C7H16/c1-5-7(4)6(2)3/h6-7H,5H2,1-4H3/i1D3,2D3,3D3,4D3,5D2,6D,7D. The van der Waals surface area contributed by atoms with E-state index in [1.165, 1.54) is 0 Å². The van der Waals surface area contributed by atoms with Gasteiger partial charge in [0.25, 0.3) is 0 Å². The Morgan fingerprint density at radius 2 is 2.57 bits per heavy atom. The van der Waals surface area contributed by atoms with Crippen molar-refractivity contribution in [3.8, 4) is 0 Å². The first kappa shape index (κ1) is 0.521. The zero-order chi connectivity index (χ0) is 19.5. The Balaban J connectivity index is 7.12. The first-order chi connectivity index (χ1) is 9.50. The summed E-state index contributed by atoms with van der Waals surface area (Å²) in [5, 5.41) is 0. The molecule has 0 radical (unpaired) electrons. The van der Waals surface area contributed by atoms with Crippen molar-refractivity contribution < 1.29 is 21.9 Å². The van der Waals surface area contributed by atoms with Gasteiger partial charge in [-0.2, -0.15) is 0 Å². The average Bonchev–Trinajstić information content (AvgIpc) is 2.19. The molecule has 0 bridgehead atoms. The third kappa shape index (κ3) is 2.67. The lowest BCUT2D eigenvalue weighted by Crippen LogP contribution is -2.00. The van der Waals surface area contributed by atoms with Crippen molar-refractivity contribution >= 4 is 0 Å². The van der Waals surface area contributed by atoms with Crippen LogP contribution in [0.3, 0.4) is 0 Å². The summed E-state index contributed by atoms with van der Waals surface area (Å²) < 4.78 is 117. The smallest absolute Gasteiger partial charge is 0.0302 e. The van der Waals surface area contributed by atoms with E-state index >= 15 is 0 Å². The zero-order valence-electron chi connectivity index (χ0n) is 19.5. The van der Waals surface area contributed by atoms with Gasteiger partial charge in [-0.3, -0.25) is 0 Å². The molecule has 0 amide bonds. The number of rotatable bonds is 2. The van der Waals surface area contributed by atoms with Crippen LogP contribution in [0.1, 0.15) is 55.7 Å². The molecule has 0 aliphatic rings. The van der Waals surface area contributed by atoms with Gasteiger partial charge in [-0.25, -0.2) is 0 Å². The second-order valence-corrected chi connectivity index (χ2v) is 0.875. The van der Waals surface area contributed by atoms with E-state index in [2.05, 4.69) is 0 Å². The minimum Gasteiger partial charge on any atom is -0.0651 e. The van der Waals surface area contributed by atoms with Gasteiger partial charge in [0, 0.05) is 21.9 Å². The summed E-state index contributed by atoms with van der Waals surface area (Å²) in [5.74, 6) is -8.52. The van der Waals surface area contributed by atoms with E-state index in [-0.39, 0.29) is 0 Å². The predicted octanol–water partition coefficient (Wildman–Crippen LogP) is 2.69. The van der Waals surface area contributed by atoms with E-state index in [9.17, 15) is 0 Å². The van der Waals surface area contributed by atoms with Crippen molar-refractivity contribution in [3.05, 3.63) is 0 Å². The lowest BCUT2D eigenvalue weighted by Gasteiger charge is -2.10. The van der Waals surface area contributed by atoms with Gasteiger partial charge in [0.1, 0.15) is 0 Å². The molecule has 0 saturated heterocycles. The fourth-order valence-corrected chi connectivity index (χ4v) is 0.0625. The molecule has 0 N–H and O–H groups in total. The van der Waals surface area contributed by atoms with Gasteiger partial charge in [-0.1, -0.05) is 33.8 Å². The third-order valence-electron chi connectivity index (χ3n) is 0.375. The van der Waals surface area contributed by atoms with Gasteiger partial charge in [0.15, 0.2) is 0 Å². The maximum absolute atomic E-state index is 7.89. The monoisotopic (exact) mass is 116 g/mol. The van der Waals surface area contributed by atoms with Crippen LogP contribution in [0.4, 0.5) is 0 Å². The molecule has 0 aliphatic carbocycles. The first-order valence-electron chi connectivity index (χ1n) is 9.50. The van der Waals surface area contributed by atoms with Gasteiger partial charge in [-0.05, 0) is 11.8 Å². The Hall–Kier alpha value is 0. The molecule has 0 fully saturated rings. The van der Waals surface area contributed by atoms with E-state index < -0.39 is 45.6 Å². The molecule has 0 rings (SSSR count). The van der Waals surface area contributed by atoms with Gasteiger partial charge in [0.2, 0.25) is 0 Å². The van der Waals surface area contributed by atoms with Gasteiger partial charge >= 0.3 is 0 Å². The molecule has 7 heavy (non-hydrogen) atoms. The molecule has 1 unspecified atom stereocenters. The van der Waals surface area contributed by atoms with Crippen LogP contribution in [-0.2, 0) is 0 Å². The quantitative estimate of drug-likeness (QED) is 0.520. The summed E-state index contributed by atoms with van der Waals surface area (Å²) in [6, 6.07) is 0. The van der Waals surface area contributed by atoms with Crippen LogP contribution in [0.2, 0.25) is 0 Å². The lowest BCUT2D eigenvalue weighted by molar-refractivity contribution is 0.407. The number of hydrogen-bond donors (Lipinski definition) is 0. The second-order valence-electron chi connectivity index (χ2n) is 0.875. The molecule has 44 valence electrons. The molecule has 0 nitrogen and oxygen atoms in total. The van der Waals surface area contributed by atoms with Crippen LogP contribution in [-0.4, -0.2) is 0 Å². The highest BCUT2D eigenvalue weighted by Crippen LogP contribution is 2.11. The second kappa shape index (κ2) is 3.06. The molecule has 0 aromatic rings. The van der Waals surface area contributed by atoms with E-state index in [1.54, 1.807) is 0 Å². The predicted molar refractivity (Wildman–Crippen MR) is 34.3 cm³/mol. The fraction of sp³-hybridized carbons (Fsp3) is 1.00. The molecule has 0 aromatic carbocycles. The minimum absolute atomic E-state index is 3.86. The van der Waals surface area contributed by atoms with Gasteiger partial charge in [0.05, 0.1) is 0 Å². The van der Waals surface area contributed by atoms with Crippen LogP contribution < -0.4 is 0 Å². The lowest BCUT2D eigenvalue weighted by atomic mass is 9.96. The normalized spacial score (nSPS) is 64.0. The molecule has 0 heterocycles. The topological polar surface area (TPSA) is 0 Å².